The second kappa shape index (κ2) is 8.37. The van der Waals surface area contributed by atoms with Crippen molar-refractivity contribution in [3.63, 3.8) is 0 Å². The lowest BCUT2D eigenvalue weighted by Gasteiger charge is -2.14. The van der Waals surface area contributed by atoms with Crippen LogP contribution in [0.1, 0.15) is 11.1 Å². The Kier molecular flexibility index (Phi) is 6.62. The number of ether oxygens (including phenoxy) is 2. The van der Waals surface area contributed by atoms with Crippen molar-refractivity contribution in [2.24, 2.45) is 0 Å². The Morgan fingerprint density at radius 3 is 2.37 bits per heavy atom. The fourth-order valence-electron chi connectivity index (χ4n) is 2.04. The van der Waals surface area contributed by atoms with Crippen molar-refractivity contribution in [2.75, 3.05) is 6.35 Å². The molecule has 0 amide bonds. The molecule has 0 aliphatic carbocycles. The number of hydrogen-bond acceptors (Lipinski definition) is 5. The second-order valence-electron chi connectivity index (χ2n) is 5.23. The zero-order chi connectivity index (χ0) is 20.4. The maximum absolute atomic E-state index is 12.7. The Labute approximate surface area is 161 Å². The molecule has 6 nitrogen and oxygen atoms in total. The molecule has 2 aromatic rings. The number of rotatable bonds is 6. The molecule has 0 aromatic heterocycles. The summed E-state index contributed by atoms with van der Waals surface area (Å²) in [7, 11) is -2.57. The van der Waals surface area contributed by atoms with Gasteiger partial charge in [-0.05, 0) is 30.7 Å². The van der Waals surface area contributed by atoms with Crippen LogP contribution in [0.5, 0.6) is 17.2 Å². The first kappa shape index (κ1) is 21.3. The number of halogens is 5. The van der Waals surface area contributed by atoms with E-state index in [-0.39, 0.29) is 22.3 Å². The fourth-order valence-corrected chi connectivity index (χ4v) is 2.69. The molecule has 12 heteroatoms. The predicted molar refractivity (Wildman–Crippen MR) is 94.7 cm³/mol. The highest BCUT2D eigenvalue weighted by Gasteiger charge is 2.31. The van der Waals surface area contributed by atoms with Crippen LogP contribution in [-0.2, 0) is 10.7 Å². The van der Waals surface area contributed by atoms with E-state index >= 15 is 0 Å². The molecule has 0 heterocycles. The van der Waals surface area contributed by atoms with Crippen LogP contribution in [-0.4, -0.2) is 11.3 Å². The first-order chi connectivity index (χ1) is 12.5. The second-order valence-corrected chi connectivity index (χ2v) is 7.90. The number of alkyl halides is 3. The monoisotopic (exact) mass is 443 g/mol. The van der Waals surface area contributed by atoms with E-state index in [0.717, 1.165) is 24.3 Å². The number of nitro groups is 1. The third-order valence-electron chi connectivity index (χ3n) is 3.27. The standard InChI is InChI=1S/C15H11Cl2F3NO5P/c1-8-4-11(21(22)23)14(25-7-27(17)24)6-13(8)26-12-3-2-9(5-10(12)16)15(18,19)20/h2-6,27H,7H2,1H3. The summed E-state index contributed by atoms with van der Waals surface area (Å²) in [6.07, 6.45) is -5.00. The molecule has 146 valence electrons. The van der Waals surface area contributed by atoms with Gasteiger partial charge in [-0.3, -0.25) is 10.1 Å². The van der Waals surface area contributed by atoms with Gasteiger partial charge < -0.3 is 14.0 Å². The van der Waals surface area contributed by atoms with E-state index in [4.69, 9.17) is 32.3 Å². The molecule has 0 N–H and O–H groups in total. The molecular weight excluding hydrogens is 433 g/mol. The molecule has 0 saturated carbocycles. The molecule has 0 spiro atoms. The van der Waals surface area contributed by atoms with E-state index in [1.165, 1.54) is 6.92 Å². The SMILES string of the molecule is Cc1cc([N+](=O)[O-])c(OC[PH](=O)Cl)cc1Oc1ccc(C(F)(F)F)cc1Cl. The molecule has 2 aromatic carbocycles. The predicted octanol–water partition coefficient (Wildman–Crippen LogP) is 6.42. The number of nitrogens with zero attached hydrogens (tertiary/aromatic N) is 1. The van der Waals surface area contributed by atoms with Gasteiger partial charge in [-0.25, -0.2) is 0 Å². The average Bonchev–Trinajstić information content (AvgIpc) is 2.55. The van der Waals surface area contributed by atoms with Gasteiger partial charge in [-0.1, -0.05) is 22.8 Å². The van der Waals surface area contributed by atoms with Crippen molar-refractivity contribution >= 4 is 35.7 Å². The number of benzene rings is 2. The van der Waals surface area contributed by atoms with Crippen LogP contribution < -0.4 is 9.47 Å². The highest BCUT2D eigenvalue weighted by molar-refractivity contribution is 7.73. The van der Waals surface area contributed by atoms with E-state index in [1.54, 1.807) is 0 Å². The first-order valence-corrected chi connectivity index (χ1v) is 10.1. The summed E-state index contributed by atoms with van der Waals surface area (Å²) in [4.78, 5) is 10.4. The van der Waals surface area contributed by atoms with Gasteiger partial charge in [0.05, 0.1) is 15.5 Å². The maximum atomic E-state index is 12.7. The number of nitro benzene ring substituents is 1. The van der Waals surface area contributed by atoms with Crippen molar-refractivity contribution in [3.8, 4) is 17.2 Å². The zero-order valence-corrected chi connectivity index (χ0v) is 16.0. The minimum atomic E-state index is -4.56. The lowest BCUT2D eigenvalue weighted by molar-refractivity contribution is -0.385. The van der Waals surface area contributed by atoms with Crippen molar-refractivity contribution in [1.29, 1.82) is 0 Å². The largest absolute Gasteiger partial charge is 0.478 e. The van der Waals surface area contributed by atoms with Gasteiger partial charge in [-0.2, -0.15) is 13.2 Å². The van der Waals surface area contributed by atoms with Gasteiger partial charge >= 0.3 is 11.9 Å². The van der Waals surface area contributed by atoms with Gasteiger partial charge in [0.2, 0.25) is 5.75 Å². The first-order valence-electron chi connectivity index (χ1n) is 7.14. The van der Waals surface area contributed by atoms with Gasteiger partial charge in [0.1, 0.15) is 11.5 Å². The fraction of sp³-hybridized carbons (Fsp3) is 0.200. The summed E-state index contributed by atoms with van der Waals surface area (Å²) in [5, 5.41) is 10.8. The molecule has 2 rings (SSSR count). The van der Waals surface area contributed by atoms with Crippen molar-refractivity contribution < 1.29 is 32.1 Å². The third-order valence-corrected chi connectivity index (χ3v) is 4.27. The zero-order valence-electron chi connectivity index (χ0n) is 13.5. The van der Waals surface area contributed by atoms with E-state index in [2.05, 4.69) is 0 Å². The van der Waals surface area contributed by atoms with Gasteiger partial charge in [0.25, 0.3) is 0 Å². The highest BCUT2D eigenvalue weighted by atomic mass is 35.7. The Bertz CT molecular complexity index is 908. The summed E-state index contributed by atoms with van der Waals surface area (Å²) in [5.74, 6) is -0.271. The number of hydrogen-bond donors (Lipinski definition) is 0. The Hall–Kier alpha value is -1.96. The summed E-state index contributed by atoms with van der Waals surface area (Å²) in [5.41, 5.74) is -1.04. The highest BCUT2D eigenvalue weighted by Crippen LogP contribution is 2.41. The van der Waals surface area contributed by atoms with Crippen LogP contribution in [0.15, 0.2) is 30.3 Å². The molecule has 0 aliphatic rings. The van der Waals surface area contributed by atoms with Gasteiger partial charge in [0, 0.05) is 12.1 Å². The van der Waals surface area contributed by atoms with Crippen molar-refractivity contribution in [1.82, 2.24) is 0 Å². The topological polar surface area (TPSA) is 78.7 Å². The Balaban J connectivity index is 2.39. The summed E-state index contributed by atoms with van der Waals surface area (Å²) >= 11 is 11.2. The Morgan fingerprint density at radius 2 is 1.85 bits per heavy atom. The maximum Gasteiger partial charge on any atom is 0.416 e. The average molecular weight is 444 g/mol. The minimum absolute atomic E-state index is 0.0616. The third kappa shape index (κ3) is 5.51. The van der Waals surface area contributed by atoms with Crippen molar-refractivity contribution in [3.05, 3.63) is 56.6 Å². The Morgan fingerprint density at radius 1 is 1.19 bits per heavy atom. The van der Waals surface area contributed by atoms with Gasteiger partial charge in [-0.15, -0.1) is 0 Å². The molecule has 1 unspecified atom stereocenters. The summed E-state index contributed by atoms with van der Waals surface area (Å²) in [6.45, 7) is 1.49. The van der Waals surface area contributed by atoms with Crippen LogP contribution in [0.2, 0.25) is 5.02 Å². The smallest absolute Gasteiger partial charge is 0.416 e. The molecule has 1 atom stereocenters. The van der Waals surface area contributed by atoms with Crippen LogP contribution in [0.25, 0.3) is 0 Å². The van der Waals surface area contributed by atoms with E-state index in [1.807, 2.05) is 0 Å². The lowest BCUT2D eigenvalue weighted by atomic mass is 10.1. The number of aryl methyl sites for hydroxylation is 1. The van der Waals surface area contributed by atoms with Crippen LogP contribution in [0.4, 0.5) is 18.9 Å². The lowest BCUT2D eigenvalue weighted by Crippen LogP contribution is -2.04. The van der Waals surface area contributed by atoms with E-state index in [9.17, 15) is 27.9 Å². The molecule has 0 radical (unpaired) electrons. The minimum Gasteiger partial charge on any atom is -0.478 e. The van der Waals surface area contributed by atoms with Crippen LogP contribution >= 0.6 is 30.0 Å². The molecule has 27 heavy (non-hydrogen) atoms. The van der Waals surface area contributed by atoms with E-state index < -0.39 is 35.9 Å². The molecule has 0 bridgehead atoms. The van der Waals surface area contributed by atoms with E-state index in [0.29, 0.717) is 11.6 Å². The summed E-state index contributed by atoms with van der Waals surface area (Å²) < 4.78 is 59.7. The van der Waals surface area contributed by atoms with Gasteiger partial charge in [0.15, 0.2) is 13.5 Å². The summed E-state index contributed by atoms with van der Waals surface area (Å²) in [6, 6.07) is 4.83. The van der Waals surface area contributed by atoms with Crippen molar-refractivity contribution in [2.45, 2.75) is 13.1 Å². The molecule has 0 fully saturated rings. The molecule has 0 aliphatic heterocycles. The van der Waals surface area contributed by atoms with Crippen LogP contribution in [0, 0.1) is 17.0 Å². The molecular formula is C15H11Cl2F3NO5P. The quantitative estimate of drug-likeness (QED) is 0.292. The normalized spacial score (nSPS) is 12.5. The van der Waals surface area contributed by atoms with Crippen LogP contribution in [0.3, 0.4) is 0 Å². The molecule has 0 saturated heterocycles.